The van der Waals surface area contributed by atoms with Crippen molar-refractivity contribution in [3.05, 3.63) is 0 Å². The summed E-state index contributed by atoms with van der Waals surface area (Å²) in [7, 11) is 0. The minimum atomic E-state index is -0.720. The minimum absolute atomic E-state index is 0.145. The predicted molar refractivity (Wildman–Crippen MR) is 65.9 cm³/mol. The molecule has 0 aromatic carbocycles. The average molecular weight is 230 g/mol. The molecule has 4 heteroatoms. The van der Waals surface area contributed by atoms with Crippen molar-refractivity contribution < 1.29 is 9.53 Å². The molecule has 1 amide bonds. The third-order valence-electron chi connectivity index (χ3n) is 2.60. The van der Waals surface area contributed by atoms with E-state index in [1.807, 2.05) is 20.8 Å². The van der Waals surface area contributed by atoms with Crippen molar-refractivity contribution in [3.63, 3.8) is 0 Å². The lowest BCUT2D eigenvalue weighted by atomic mass is 9.78. The Morgan fingerprint density at radius 2 is 1.81 bits per heavy atom. The highest BCUT2D eigenvalue weighted by Crippen LogP contribution is 2.31. The Hall–Kier alpha value is -0.770. The second-order valence-electron chi connectivity index (χ2n) is 5.85. The smallest absolute Gasteiger partial charge is 0.404 e. The van der Waals surface area contributed by atoms with Crippen molar-refractivity contribution in [2.45, 2.75) is 47.1 Å². The van der Waals surface area contributed by atoms with Gasteiger partial charge in [0.15, 0.2) is 0 Å². The molecule has 0 saturated carbocycles. The van der Waals surface area contributed by atoms with Crippen molar-refractivity contribution >= 4 is 6.09 Å². The van der Waals surface area contributed by atoms with E-state index in [2.05, 4.69) is 13.8 Å². The number of carbonyl (C=O) groups excluding carboxylic acids is 1. The Balaban J connectivity index is 4.76. The molecule has 0 radical (unpaired) electrons. The monoisotopic (exact) mass is 230 g/mol. The lowest BCUT2D eigenvalue weighted by Crippen LogP contribution is -2.43. The summed E-state index contributed by atoms with van der Waals surface area (Å²) in [6, 6.07) is 0. The van der Waals surface area contributed by atoms with Crippen LogP contribution in [0.1, 0.15) is 41.0 Å². The van der Waals surface area contributed by atoms with Crippen molar-refractivity contribution in [1.29, 1.82) is 0 Å². The van der Waals surface area contributed by atoms with E-state index >= 15 is 0 Å². The quantitative estimate of drug-likeness (QED) is 0.759. The van der Waals surface area contributed by atoms with E-state index in [0.29, 0.717) is 12.5 Å². The van der Waals surface area contributed by atoms with Crippen LogP contribution in [0, 0.1) is 17.3 Å². The van der Waals surface area contributed by atoms with Gasteiger partial charge >= 0.3 is 6.09 Å². The van der Waals surface area contributed by atoms with Crippen molar-refractivity contribution in [1.82, 2.24) is 0 Å². The number of hydrogen-bond acceptors (Lipinski definition) is 3. The molecule has 0 aromatic rings. The third kappa shape index (κ3) is 5.35. The highest BCUT2D eigenvalue weighted by atomic mass is 16.6. The summed E-state index contributed by atoms with van der Waals surface area (Å²) < 4.78 is 5.23. The highest BCUT2D eigenvalue weighted by Gasteiger charge is 2.34. The number of ether oxygens (including phenoxy) is 1. The Bertz CT molecular complexity index is 222. The second-order valence-corrected chi connectivity index (χ2v) is 5.85. The molecule has 0 saturated heterocycles. The van der Waals surface area contributed by atoms with Gasteiger partial charge in [0.2, 0.25) is 0 Å². The first-order valence-electron chi connectivity index (χ1n) is 5.84. The van der Waals surface area contributed by atoms with Gasteiger partial charge in [-0.2, -0.15) is 0 Å². The summed E-state index contributed by atoms with van der Waals surface area (Å²) in [5, 5.41) is 0. The van der Waals surface area contributed by atoms with E-state index in [0.717, 1.165) is 6.42 Å². The molecule has 2 atom stereocenters. The highest BCUT2D eigenvalue weighted by molar-refractivity contribution is 5.64. The summed E-state index contributed by atoms with van der Waals surface area (Å²) >= 11 is 0. The zero-order valence-corrected chi connectivity index (χ0v) is 11.1. The fourth-order valence-electron chi connectivity index (χ4n) is 2.05. The SMILES string of the molecule is CC(C)C[C@@H](CN)C(OC(N)=O)C(C)(C)C. The molecule has 0 rings (SSSR count). The van der Waals surface area contributed by atoms with E-state index in [4.69, 9.17) is 16.2 Å². The molecule has 96 valence electrons. The molecule has 4 N–H and O–H groups in total. The van der Waals surface area contributed by atoms with Gasteiger partial charge in [-0.3, -0.25) is 0 Å². The Kier molecular flexibility index (Phi) is 5.79. The lowest BCUT2D eigenvalue weighted by molar-refractivity contribution is -0.00703. The fraction of sp³-hybridized carbons (Fsp3) is 0.917. The average Bonchev–Trinajstić information content (AvgIpc) is 2.08. The molecular weight excluding hydrogens is 204 g/mol. The first-order valence-corrected chi connectivity index (χ1v) is 5.84. The first kappa shape index (κ1) is 15.2. The van der Waals surface area contributed by atoms with Gasteiger partial charge in [0, 0.05) is 5.92 Å². The molecule has 16 heavy (non-hydrogen) atoms. The predicted octanol–water partition coefficient (Wildman–Crippen LogP) is 2.12. The van der Waals surface area contributed by atoms with Crippen LogP contribution >= 0.6 is 0 Å². The zero-order valence-electron chi connectivity index (χ0n) is 11.1. The minimum Gasteiger partial charge on any atom is -0.445 e. The van der Waals surface area contributed by atoms with Gasteiger partial charge in [0.05, 0.1) is 0 Å². The van der Waals surface area contributed by atoms with E-state index in [9.17, 15) is 4.79 Å². The first-order chi connectivity index (χ1) is 7.18. The molecule has 0 aliphatic carbocycles. The summed E-state index contributed by atoms with van der Waals surface area (Å²) in [5.74, 6) is 0.683. The van der Waals surface area contributed by atoms with Gasteiger partial charge < -0.3 is 16.2 Å². The number of nitrogens with two attached hydrogens (primary N) is 2. The number of hydrogen-bond donors (Lipinski definition) is 2. The molecule has 0 spiro atoms. The van der Waals surface area contributed by atoms with Gasteiger partial charge in [0.1, 0.15) is 6.10 Å². The van der Waals surface area contributed by atoms with Crippen molar-refractivity contribution in [2.24, 2.45) is 28.7 Å². The van der Waals surface area contributed by atoms with E-state index in [1.165, 1.54) is 0 Å². The molecule has 0 aromatic heterocycles. The third-order valence-corrected chi connectivity index (χ3v) is 2.60. The Morgan fingerprint density at radius 1 is 1.31 bits per heavy atom. The Labute approximate surface area is 98.7 Å². The fourth-order valence-corrected chi connectivity index (χ4v) is 2.05. The maximum absolute atomic E-state index is 10.9. The number of amides is 1. The zero-order chi connectivity index (χ0) is 12.9. The van der Waals surface area contributed by atoms with E-state index < -0.39 is 6.09 Å². The maximum atomic E-state index is 10.9. The van der Waals surface area contributed by atoms with Gasteiger partial charge in [-0.25, -0.2) is 4.79 Å². The van der Waals surface area contributed by atoms with Crippen LogP contribution in [0.15, 0.2) is 0 Å². The molecule has 0 bridgehead atoms. The Morgan fingerprint density at radius 3 is 2.06 bits per heavy atom. The lowest BCUT2D eigenvalue weighted by Gasteiger charge is -2.36. The summed E-state index contributed by atoms with van der Waals surface area (Å²) in [6.07, 6.45) is -0.00865. The van der Waals surface area contributed by atoms with Crippen LogP contribution in [0.3, 0.4) is 0 Å². The van der Waals surface area contributed by atoms with Gasteiger partial charge in [-0.05, 0) is 24.3 Å². The maximum Gasteiger partial charge on any atom is 0.404 e. The molecule has 0 heterocycles. The standard InChI is InChI=1S/C12H26N2O2/c1-8(2)6-9(7-13)10(12(3,4)5)16-11(14)15/h8-10H,6-7,13H2,1-5H3,(H2,14,15)/t9-,10?/m0/s1. The molecule has 0 aliphatic rings. The topological polar surface area (TPSA) is 78.3 Å². The molecular formula is C12H26N2O2. The second kappa shape index (κ2) is 6.09. The van der Waals surface area contributed by atoms with Crippen LogP contribution in [0.2, 0.25) is 0 Å². The largest absolute Gasteiger partial charge is 0.445 e. The molecule has 0 aliphatic heterocycles. The van der Waals surface area contributed by atoms with Gasteiger partial charge in [-0.1, -0.05) is 34.6 Å². The number of carbonyl (C=O) groups is 1. The van der Waals surface area contributed by atoms with Crippen LogP contribution in [-0.2, 0) is 4.74 Å². The van der Waals surface area contributed by atoms with Gasteiger partial charge in [-0.15, -0.1) is 0 Å². The van der Waals surface area contributed by atoms with Crippen LogP contribution in [0.25, 0.3) is 0 Å². The van der Waals surface area contributed by atoms with Crippen molar-refractivity contribution in [3.8, 4) is 0 Å². The van der Waals surface area contributed by atoms with E-state index in [1.54, 1.807) is 0 Å². The van der Waals surface area contributed by atoms with Crippen LogP contribution in [0.5, 0.6) is 0 Å². The number of primary amides is 1. The molecule has 1 unspecified atom stereocenters. The molecule has 4 nitrogen and oxygen atoms in total. The normalized spacial score (nSPS) is 15.9. The van der Waals surface area contributed by atoms with Crippen LogP contribution in [-0.4, -0.2) is 18.7 Å². The van der Waals surface area contributed by atoms with Crippen molar-refractivity contribution in [2.75, 3.05) is 6.54 Å². The number of rotatable bonds is 5. The summed E-state index contributed by atoms with van der Waals surface area (Å²) in [5.41, 5.74) is 10.7. The molecule has 0 fully saturated rings. The van der Waals surface area contributed by atoms with Crippen LogP contribution in [0.4, 0.5) is 4.79 Å². The van der Waals surface area contributed by atoms with E-state index in [-0.39, 0.29) is 17.4 Å². The van der Waals surface area contributed by atoms with Crippen LogP contribution < -0.4 is 11.5 Å². The summed E-state index contributed by atoms with van der Waals surface area (Å²) in [4.78, 5) is 10.9. The summed E-state index contributed by atoms with van der Waals surface area (Å²) in [6.45, 7) is 10.9. The van der Waals surface area contributed by atoms with Gasteiger partial charge in [0.25, 0.3) is 0 Å².